The first-order chi connectivity index (χ1) is 12.8. The maximum atomic E-state index is 9.32. The lowest BCUT2D eigenvalue weighted by Crippen LogP contribution is -2.53. The van der Waals surface area contributed by atoms with Gasteiger partial charge in [-0.1, -0.05) is 32.2 Å². The third kappa shape index (κ3) is 5.74. The molecule has 0 aliphatic carbocycles. The number of dihydropyridines is 1. The minimum atomic E-state index is -0.0275. The third-order valence-electron chi connectivity index (χ3n) is 5.95. The van der Waals surface area contributed by atoms with Gasteiger partial charge in [0.25, 0.3) is 0 Å². The van der Waals surface area contributed by atoms with Gasteiger partial charge in [0, 0.05) is 45.0 Å². The fraction of sp³-hybridized carbons (Fsp3) is 0.609. The molecule has 2 aliphatic heterocycles. The molecule has 0 spiro atoms. The fourth-order valence-corrected chi connectivity index (χ4v) is 3.97. The van der Waals surface area contributed by atoms with Crippen LogP contribution in [0.2, 0.25) is 0 Å². The first-order valence-corrected chi connectivity index (χ1v) is 10.2. The van der Waals surface area contributed by atoms with Crippen LogP contribution in [0.5, 0.6) is 0 Å². The van der Waals surface area contributed by atoms with E-state index in [4.69, 9.17) is 0 Å². The lowest BCUT2D eigenvalue weighted by Gasteiger charge is -2.43. The van der Waals surface area contributed by atoms with Crippen molar-refractivity contribution >= 4 is 6.21 Å². The highest BCUT2D eigenvalue weighted by Crippen LogP contribution is 2.31. The summed E-state index contributed by atoms with van der Waals surface area (Å²) in [6.45, 7) is 24.5. The molecule has 2 atom stereocenters. The Kier molecular flexibility index (Phi) is 8.21. The van der Waals surface area contributed by atoms with E-state index in [1.54, 1.807) is 0 Å². The van der Waals surface area contributed by atoms with E-state index in [0.717, 1.165) is 56.7 Å². The summed E-state index contributed by atoms with van der Waals surface area (Å²) in [4.78, 5) is 9.50. The minimum Gasteiger partial charge on any atom is -0.392 e. The van der Waals surface area contributed by atoms with Gasteiger partial charge < -0.3 is 5.11 Å². The summed E-state index contributed by atoms with van der Waals surface area (Å²) in [5.41, 5.74) is 4.31. The van der Waals surface area contributed by atoms with E-state index in [1.807, 2.05) is 6.21 Å². The number of hydrogen-bond donors (Lipinski definition) is 1. The van der Waals surface area contributed by atoms with Crippen LogP contribution in [-0.2, 0) is 0 Å². The summed E-state index contributed by atoms with van der Waals surface area (Å²) < 4.78 is 0. The first-order valence-electron chi connectivity index (χ1n) is 10.2. The van der Waals surface area contributed by atoms with E-state index in [-0.39, 0.29) is 18.6 Å². The lowest BCUT2D eigenvalue weighted by atomic mass is 9.83. The maximum absolute atomic E-state index is 9.32. The molecule has 1 fully saturated rings. The number of hydrogen-bond acceptors (Lipinski definition) is 4. The average Bonchev–Trinajstić information content (AvgIpc) is 2.68. The summed E-state index contributed by atoms with van der Waals surface area (Å²) >= 11 is 0. The van der Waals surface area contributed by atoms with Crippen LogP contribution in [0.4, 0.5) is 0 Å². The summed E-state index contributed by atoms with van der Waals surface area (Å²) in [5.74, 6) is 0.286. The molecule has 2 aliphatic rings. The van der Waals surface area contributed by atoms with Gasteiger partial charge >= 0.3 is 0 Å². The van der Waals surface area contributed by atoms with Crippen LogP contribution in [0.3, 0.4) is 0 Å². The first kappa shape index (κ1) is 21.8. The van der Waals surface area contributed by atoms with Gasteiger partial charge in [0.1, 0.15) is 0 Å². The molecule has 2 rings (SSSR count). The van der Waals surface area contributed by atoms with Crippen molar-refractivity contribution in [1.82, 2.24) is 9.80 Å². The smallest absolute Gasteiger partial charge is 0.0678 e. The lowest BCUT2D eigenvalue weighted by molar-refractivity contribution is 0.0940. The van der Waals surface area contributed by atoms with Crippen LogP contribution in [0.1, 0.15) is 33.6 Å². The van der Waals surface area contributed by atoms with Crippen molar-refractivity contribution in [3.63, 3.8) is 0 Å². The maximum Gasteiger partial charge on any atom is 0.0678 e. The monoisotopic (exact) mass is 371 g/mol. The summed E-state index contributed by atoms with van der Waals surface area (Å²) in [6, 6.07) is 0.859. The van der Waals surface area contributed by atoms with Crippen molar-refractivity contribution in [1.29, 1.82) is 0 Å². The summed E-state index contributed by atoms with van der Waals surface area (Å²) in [6.07, 6.45) is 5.92. The Hall–Kier alpha value is -1.49. The summed E-state index contributed by atoms with van der Waals surface area (Å²) in [7, 11) is 0. The molecule has 1 N–H and O–H groups in total. The molecule has 0 aromatic heterocycles. The number of aliphatic imine (C=N–C) groups is 1. The van der Waals surface area contributed by atoms with E-state index < -0.39 is 0 Å². The number of aliphatic hydroxyl groups excluding tert-OH is 1. The molecule has 27 heavy (non-hydrogen) atoms. The molecule has 2 heterocycles. The Labute approximate surface area is 165 Å². The standard InChI is InChI=1S/C23H37N3O/c1-17(2)25-11-13-26(14-12-25)23(22-7-9-24-10-8-22)21(6)19(4)15-18(3)20(5)16-27/h7,9,17,19,23,27H,3,5-6,8,10-16H2,1-2,4H3/t19-,23?/m1/s1. The van der Waals surface area contributed by atoms with Crippen LogP contribution >= 0.6 is 0 Å². The highest BCUT2D eigenvalue weighted by Gasteiger charge is 2.31. The Morgan fingerprint density at radius 1 is 1.07 bits per heavy atom. The molecule has 0 aromatic carbocycles. The molecule has 0 aromatic rings. The van der Waals surface area contributed by atoms with E-state index in [2.05, 4.69) is 61.4 Å². The van der Waals surface area contributed by atoms with Crippen molar-refractivity contribution in [2.24, 2.45) is 10.9 Å². The SMILES string of the molecule is C=C(CO)C(=C)C[C@@H](C)C(=C)C(C1=CC=NCC1)N1CCN(C(C)C)CC1. The second-order valence-corrected chi connectivity index (χ2v) is 8.16. The summed E-state index contributed by atoms with van der Waals surface area (Å²) in [5, 5.41) is 9.32. The minimum absolute atomic E-state index is 0.0275. The van der Waals surface area contributed by atoms with Gasteiger partial charge in [-0.15, -0.1) is 0 Å². The molecule has 0 saturated carbocycles. The Morgan fingerprint density at radius 3 is 2.22 bits per heavy atom. The molecule has 0 amide bonds. The van der Waals surface area contributed by atoms with Crippen molar-refractivity contribution in [3.05, 3.63) is 48.1 Å². The van der Waals surface area contributed by atoms with E-state index in [1.165, 1.54) is 11.1 Å². The predicted molar refractivity (Wildman–Crippen MR) is 116 cm³/mol. The van der Waals surface area contributed by atoms with Gasteiger partial charge in [-0.05, 0) is 55.4 Å². The van der Waals surface area contributed by atoms with Crippen LogP contribution < -0.4 is 0 Å². The van der Waals surface area contributed by atoms with E-state index >= 15 is 0 Å². The zero-order valence-corrected chi connectivity index (χ0v) is 17.5. The molecule has 0 bridgehead atoms. The van der Waals surface area contributed by atoms with Crippen molar-refractivity contribution in [2.45, 2.75) is 45.7 Å². The van der Waals surface area contributed by atoms with Gasteiger partial charge in [0.15, 0.2) is 0 Å². The zero-order chi connectivity index (χ0) is 20.0. The highest BCUT2D eigenvalue weighted by atomic mass is 16.3. The number of rotatable bonds is 9. The van der Waals surface area contributed by atoms with Crippen LogP contribution in [-0.4, -0.2) is 72.5 Å². The molecular weight excluding hydrogens is 334 g/mol. The molecule has 4 heteroatoms. The van der Waals surface area contributed by atoms with Gasteiger partial charge in [-0.2, -0.15) is 0 Å². The largest absolute Gasteiger partial charge is 0.392 e. The predicted octanol–water partition coefficient (Wildman–Crippen LogP) is 3.47. The fourth-order valence-electron chi connectivity index (χ4n) is 3.97. The Balaban J connectivity index is 2.14. The van der Waals surface area contributed by atoms with Crippen molar-refractivity contribution in [3.8, 4) is 0 Å². The second kappa shape index (κ2) is 10.2. The highest BCUT2D eigenvalue weighted by molar-refractivity contribution is 5.73. The number of nitrogens with zero attached hydrogens (tertiary/aromatic N) is 3. The Bertz CT molecular complexity index is 609. The van der Waals surface area contributed by atoms with Crippen LogP contribution in [0, 0.1) is 5.92 Å². The van der Waals surface area contributed by atoms with E-state index in [9.17, 15) is 5.11 Å². The second-order valence-electron chi connectivity index (χ2n) is 8.16. The molecule has 150 valence electrons. The molecule has 1 unspecified atom stereocenters. The van der Waals surface area contributed by atoms with E-state index in [0.29, 0.717) is 6.04 Å². The van der Waals surface area contributed by atoms with Crippen molar-refractivity contribution < 1.29 is 5.11 Å². The van der Waals surface area contributed by atoms with Crippen LogP contribution in [0.25, 0.3) is 0 Å². The topological polar surface area (TPSA) is 39.1 Å². The molecule has 4 nitrogen and oxygen atoms in total. The number of piperazine rings is 1. The van der Waals surface area contributed by atoms with Gasteiger partial charge in [0.05, 0.1) is 12.6 Å². The van der Waals surface area contributed by atoms with Crippen LogP contribution in [0.15, 0.2) is 53.1 Å². The quantitative estimate of drug-likeness (QED) is 0.498. The van der Waals surface area contributed by atoms with Gasteiger partial charge in [-0.25, -0.2) is 0 Å². The normalized spacial score (nSPS) is 21.0. The zero-order valence-electron chi connectivity index (χ0n) is 17.5. The Morgan fingerprint density at radius 2 is 1.70 bits per heavy atom. The molecule has 0 radical (unpaired) electrons. The number of aliphatic hydroxyl groups is 1. The third-order valence-corrected chi connectivity index (χ3v) is 5.95. The molecule has 1 saturated heterocycles. The van der Waals surface area contributed by atoms with Gasteiger partial charge in [0.2, 0.25) is 0 Å². The molecular formula is C23H37N3O. The van der Waals surface area contributed by atoms with Crippen molar-refractivity contribution in [2.75, 3.05) is 39.3 Å². The number of allylic oxidation sites excluding steroid dienone is 1. The van der Waals surface area contributed by atoms with Gasteiger partial charge in [-0.3, -0.25) is 14.8 Å². The average molecular weight is 372 g/mol.